The maximum atomic E-state index is 12.7. The van der Waals surface area contributed by atoms with Crippen molar-refractivity contribution in [2.75, 3.05) is 31.6 Å². The molecule has 3 rings (SSSR count). The number of piperidine rings is 1. The molecular weight excluding hydrogens is 316 g/mol. The third kappa shape index (κ3) is 3.97. The molecule has 7 nitrogen and oxygen atoms in total. The number of anilines is 1. The maximum absolute atomic E-state index is 12.7. The highest BCUT2D eigenvalue weighted by Gasteiger charge is 2.27. The Morgan fingerprint density at radius 1 is 1.32 bits per heavy atom. The molecule has 0 bridgehead atoms. The van der Waals surface area contributed by atoms with E-state index in [1.807, 2.05) is 29.2 Å². The molecule has 0 N–H and O–H groups in total. The number of carbonyl (C=O) groups is 1. The number of aromatic nitrogens is 4. The summed E-state index contributed by atoms with van der Waals surface area (Å²) < 4.78 is 2.25. The van der Waals surface area contributed by atoms with Crippen molar-refractivity contribution in [3.63, 3.8) is 0 Å². The van der Waals surface area contributed by atoms with Crippen molar-refractivity contribution in [1.29, 1.82) is 0 Å². The average molecular weight is 342 g/mol. The molecular formula is C18H26N6O. The Morgan fingerprint density at radius 3 is 2.88 bits per heavy atom. The molecule has 0 unspecified atom stereocenters. The average Bonchev–Trinajstić information content (AvgIpc) is 3.12. The number of nitrogens with zero attached hydrogens (tertiary/aromatic N) is 6. The van der Waals surface area contributed by atoms with Gasteiger partial charge in [0.2, 0.25) is 5.91 Å². The summed E-state index contributed by atoms with van der Waals surface area (Å²) in [6.45, 7) is 6.17. The molecule has 1 aliphatic rings. The summed E-state index contributed by atoms with van der Waals surface area (Å²) >= 11 is 0. The smallest absolute Gasteiger partial charge is 0.242 e. The summed E-state index contributed by atoms with van der Waals surface area (Å²) in [5, 5.41) is 0. The lowest BCUT2D eigenvalue weighted by molar-refractivity contribution is -0.131. The summed E-state index contributed by atoms with van der Waals surface area (Å²) in [5.41, 5.74) is 0. The summed E-state index contributed by atoms with van der Waals surface area (Å²) in [7, 11) is 1.87. The van der Waals surface area contributed by atoms with E-state index in [0.717, 1.165) is 31.8 Å². The molecule has 0 radical (unpaired) electrons. The zero-order valence-electron chi connectivity index (χ0n) is 15.2. The molecule has 3 heterocycles. The molecule has 2 aromatic heterocycles. The Balaban J connectivity index is 1.65. The summed E-state index contributed by atoms with van der Waals surface area (Å²) in [5.74, 6) is 2.31. The van der Waals surface area contributed by atoms with E-state index in [9.17, 15) is 4.79 Å². The Bertz CT molecular complexity index is 699. The first-order valence-electron chi connectivity index (χ1n) is 8.84. The van der Waals surface area contributed by atoms with Gasteiger partial charge in [-0.15, -0.1) is 0 Å². The van der Waals surface area contributed by atoms with Crippen LogP contribution in [0.2, 0.25) is 0 Å². The highest BCUT2D eigenvalue weighted by Crippen LogP contribution is 2.25. The normalized spacial score (nSPS) is 17.8. The number of imidazole rings is 1. The molecule has 0 aliphatic carbocycles. The fourth-order valence-corrected chi connectivity index (χ4v) is 3.36. The van der Waals surface area contributed by atoms with E-state index in [0.29, 0.717) is 24.3 Å². The topological polar surface area (TPSA) is 67.2 Å². The van der Waals surface area contributed by atoms with E-state index in [2.05, 4.69) is 33.4 Å². The van der Waals surface area contributed by atoms with Crippen molar-refractivity contribution in [2.24, 2.45) is 0 Å². The van der Waals surface area contributed by atoms with Gasteiger partial charge in [-0.05, 0) is 12.8 Å². The molecule has 0 saturated carbocycles. The largest absolute Gasteiger partial charge is 0.349 e. The first-order chi connectivity index (χ1) is 12.1. The van der Waals surface area contributed by atoms with Crippen LogP contribution in [-0.4, -0.2) is 57.0 Å². The molecule has 0 spiro atoms. The van der Waals surface area contributed by atoms with Gasteiger partial charge in [-0.25, -0.2) is 9.97 Å². The Morgan fingerprint density at radius 2 is 2.16 bits per heavy atom. The molecule has 1 aliphatic heterocycles. The predicted octanol–water partition coefficient (Wildman–Crippen LogP) is 2.10. The third-order valence-corrected chi connectivity index (χ3v) is 4.67. The summed E-state index contributed by atoms with van der Waals surface area (Å²) in [6.07, 6.45) is 10.9. The van der Waals surface area contributed by atoms with E-state index < -0.39 is 0 Å². The van der Waals surface area contributed by atoms with Gasteiger partial charge in [-0.3, -0.25) is 9.78 Å². The van der Waals surface area contributed by atoms with Crippen LogP contribution in [0.3, 0.4) is 0 Å². The lowest BCUT2D eigenvalue weighted by Crippen LogP contribution is -2.45. The van der Waals surface area contributed by atoms with E-state index in [4.69, 9.17) is 0 Å². The Kier molecular flexibility index (Phi) is 5.31. The number of amides is 1. The monoisotopic (exact) mass is 342 g/mol. The maximum Gasteiger partial charge on any atom is 0.242 e. The molecule has 1 saturated heterocycles. The molecule has 1 atom stereocenters. The summed E-state index contributed by atoms with van der Waals surface area (Å²) in [4.78, 5) is 29.3. The van der Waals surface area contributed by atoms with Gasteiger partial charge in [0, 0.05) is 50.8 Å². The van der Waals surface area contributed by atoms with Crippen molar-refractivity contribution >= 4 is 11.7 Å². The van der Waals surface area contributed by atoms with Crippen LogP contribution in [0.25, 0.3) is 0 Å². The number of likely N-dealkylation sites (tertiary alicyclic amines) is 1. The van der Waals surface area contributed by atoms with Crippen molar-refractivity contribution in [3.8, 4) is 0 Å². The number of rotatable bonds is 5. The van der Waals surface area contributed by atoms with Crippen LogP contribution in [-0.2, 0) is 4.79 Å². The van der Waals surface area contributed by atoms with Gasteiger partial charge in [0.05, 0.1) is 18.8 Å². The van der Waals surface area contributed by atoms with Crippen LogP contribution in [0, 0.1) is 0 Å². The van der Waals surface area contributed by atoms with Crippen LogP contribution in [0.1, 0.15) is 44.5 Å². The van der Waals surface area contributed by atoms with Gasteiger partial charge in [-0.1, -0.05) is 13.8 Å². The van der Waals surface area contributed by atoms with Crippen LogP contribution in [0.4, 0.5) is 5.82 Å². The second kappa shape index (κ2) is 7.63. The van der Waals surface area contributed by atoms with Crippen LogP contribution in [0.5, 0.6) is 0 Å². The Labute approximate surface area is 148 Å². The lowest BCUT2D eigenvalue weighted by atomic mass is 10.0. The second-order valence-electron chi connectivity index (χ2n) is 6.90. The highest BCUT2D eigenvalue weighted by atomic mass is 16.2. The minimum absolute atomic E-state index is 0.129. The molecule has 2 aromatic rings. The first kappa shape index (κ1) is 17.4. The minimum atomic E-state index is 0.129. The standard InChI is InChI=1S/C18H26N6O/c1-14(2)18-21-8-10-24(18)15-5-4-9-23(12-15)17(25)13-22(3)16-11-19-6-7-20-16/h6-8,10-11,14-15H,4-5,9,12-13H2,1-3H3/t15-/m1/s1. The minimum Gasteiger partial charge on any atom is -0.349 e. The molecule has 1 amide bonds. The summed E-state index contributed by atoms with van der Waals surface area (Å²) in [6, 6.07) is 0.305. The molecule has 134 valence electrons. The lowest BCUT2D eigenvalue weighted by Gasteiger charge is -2.35. The van der Waals surface area contributed by atoms with E-state index in [1.165, 1.54) is 0 Å². The van der Waals surface area contributed by atoms with Gasteiger partial charge < -0.3 is 14.4 Å². The second-order valence-corrected chi connectivity index (χ2v) is 6.90. The number of hydrogen-bond donors (Lipinski definition) is 0. The number of likely N-dealkylation sites (N-methyl/N-ethyl adjacent to an activating group) is 1. The predicted molar refractivity (Wildman–Crippen MR) is 96.5 cm³/mol. The third-order valence-electron chi connectivity index (χ3n) is 4.67. The first-order valence-corrected chi connectivity index (χ1v) is 8.84. The van der Waals surface area contributed by atoms with Crippen LogP contribution < -0.4 is 4.90 Å². The molecule has 1 fully saturated rings. The van der Waals surface area contributed by atoms with E-state index >= 15 is 0 Å². The van der Waals surface area contributed by atoms with Crippen LogP contribution in [0.15, 0.2) is 31.0 Å². The highest BCUT2D eigenvalue weighted by molar-refractivity contribution is 5.81. The SMILES string of the molecule is CC(C)c1nccn1[C@@H]1CCCN(C(=O)CN(C)c2cnccn2)C1. The fraction of sp³-hybridized carbons (Fsp3) is 0.556. The van der Waals surface area contributed by atoms with Crippen molar-refractivity contribution in [1.82, 2.24) is 24.4 Å². The quantitative estimate of drug-likeness (QED) is 0.832. The van der Waals surface area contributed by atoms with Gasteiger partial charge in [0.15, 0.2) is 0 Å². The number of carbonyl (C=O) groups excluding carboxylic acids is 1. The fourth-order valence-electron chi connectivity index (χ4n) is 3.36. The van der Waals surface area contributed by atoms with Gasteiger partial charge in [0.1, 0.15) is 11.6 Å². The molecule has 7 heteroatoms. The zero-order chi connectivity index (χ0) is 17.8. The van der Waals surface area contributed by atoms with Crippen molar-refractivity contribution < 1.29 is 4.79 Å². The van der Waals surface area contributed by atoms with E-state index in [1.54, 1.807) is 18.6 Å². The van der Waals surface area contributed by atoms with E-state index in [-0.39, 0.29) is 5.91 Å². The van der Waals surface area contributed by atoms with Gasteiger partial charge in [0.25, 0.3) is 0 Å². The Hall–Kier alpha value is -2.44. The molecule has 25 heavy (non-hydrogen) atoms. The van der Waals surface area contributed by atoms with Crippen LogP contribution >= 0.6 is 0 Å². The van der Waals surface area contributed by atoms with Gasteiger partial charge >= 0.3 is 0 Å². The van der Waals surface area contributed by atoms with Crippen molar-refractivity contribution in [2.45, 2.75) is 38.6 Å². The molecule has 0 aromatic carbocycles. The van der Waals surface area contributed by atoms with Gasteiger partial charge in [-0.2, -0.15) is 0 Å². The zero-order valence-corrected chi connectivity index (χ0v) is 15.2. The number of hydrogen-bond acceptors (Lipinski definition) is 5. The van der Waals surface area contributed by atoms with Crippen molar-refractivity contribution in [3.05, 3.63) is 36.8 Å².